The smallest absolute Gasteiger partial charge is 0.131 e. The number of likely N-dealkylation sites (N-methyl/N-ethyl adjacent to an activating group) is 1. The Bertz CT molecular complexity index is 340. The standard InChI is InChI=1S/C12H19FN2O/c1-9(14)12-10(13)5-4-6-11(12)16-8-7-15(2)3/h4-6,9H,7-8,14H2,1-3H3/t9-/m1/s1. The Morgan fingerprint density at radius 1 is 1.44 bits per heavy atom. The molecule has 16 heavy (non-hydrogen) atoms. The molecule has 1 rings (SSSR count). The SMILES string of the molecule is C[C@@H](N)c1c(F)cccc1OCCN(C)C. The molecule has 0 spiro atoms. The van der Waals surface area contributed by atoms with Crippen molar-refractivity contribution < 1.29 is 9.13 Å². The third-order valence-electron chi connectivity index (χ3n) is 2.26. The van der Waals surface area contributed by atoms with Gasteiger partial charge >= 0.3 is 0 Å². The number of hydrogen-bond donors (Lipinski definition) is 1. The fourth-order valence-corrected chi connectivity index (χ4v) is 1.42. The zero-order chi connectivity index (χ0) is 12.1. The first-order chi connectivity index (χ1) is 7.52. The van der Waals surface area contributed by atoms with Crippen LogP contribution in [0.2, 0.25) is 0 Å². The van der Waals surface area contributed by atoms with E-state index in [9.17, 15) is 4.39 Å². The number of halogens is 1. The van der Waals surface area contributed by atoms with E-state index in [0.29, 0.717) is 17.9 Å². The van der Waals surface area contributed by atoms with Gasteiger partial charge in [0, 0.05) is 18.2 Å². The van der Waals surface area contributed by atoms with Crippen LogP contribution in [0.4, 0.5) is 4.39 Å². The van der Waals surface area contributed by atoms with E-state index in [1.807, 2.05) is 19.0 Å². The van der Waals surface area contributed by atoms with E-state index in [0.717, 1.165) is 6.54 Å². The highest BCUT2D eigenvalue weighted by atomic mass is 19.1. The second kappa shape index (κ2) is 5.82. The minimum atomic E-state index is -0.365. The van der Waals surface area contributed by atoms with Gasteiger partial charge in [-0.05, 0) is 33.2 Å². The topological polar surface area (TPSA) is 38.5 Å². The molecule has 0 aromatic heterocycles. The summed E-state index contributed by atoms with van der Waals surface area (Å²) in [5.41, 5.74) is 6.16. The Morgan fingerprint density at radius 2 is 2.12 bits per heavy atom. The van der Waals surface area contributed by atoms with Gasteiger partial charge in [-0.25, -0.2) is 4.39 Å². The van der Waals surface area contributed by atoms with Crippen LogP contribution in [0.15, 0.2) is 18.2 Å². The summed E-state index contributed by atoms with van der Waals surface area (Å²) in [5, 5.41) is 0. The first-order valence-corrected chi connectivity index (χ1v) is 5.34. The molecule has 90 valence electrons. The van der Waals surface area contributed by atoms with Crippen LogP contribution in [-0.2, 0) is 0 Å². The summed E-state index contributed by atoms with van der Waals surface area (Å²) in [6.07, 6.45) is 0. The molecule has 0 saturated carbocycles. The highest BCUT2D eigenvalue weighted by Gasteiger charge is 2.13. The average Bonchev–Trinajstić information content (AvgIpc) is 2.16. The van der Waals surface area contributed by atoms with Crippen molar-refractivity contribution >= 4 is 0 Å². The lowest BCUT2D eigenvalue weighted by atomic mass is 10.1. The molecule has 0 bridgehead atoms. The quantitative estimate of drug-likeness (QED) is 0.831. The second-order valence-electron chi connectivity index (χ2n) is 4.09. The van der Waals surface area contributed by atoms with Crippen molar-refractivity contribution in [2.24, 2.45) is 5.73 Å². The molecule has 3 nitrogen and oxygen atoms in total. The van der Waals surface area contributed by atoms with Crippen molar-refractivity contribution in [2.45, 2.75) is 13.0 Å². The Balaban J connectivity index is 2.75. The van der Waals surface area contributed by atoms with Crippen molar-refractivity contribution in [1.82, 2.24) is 4.90 Å². The van der Waals surface area contributed by atoms with E-state index >= 15 is 0 Å². The predicted molar refractivity (Wildman–Crippen MR) is 63.1 cm³/mol. The minimum absolute atomic E-state index is 0.308. The predicted octanol–water partition coefficient (Wildman–Crippen LogP) is 1.79. The van der Waals surface area contributed by atoms with Crippen molar-refractivity contribution in [1.29, 1.82) is 0 Å². The van der Waals surface area contributed by atoms with E-state index in [-0.39, 0.29) is 11.9 Å². The fourth-order valence-electron chi connectivity index (χ4n) is 1.42. The molecule has 1 aromatic rings. The van der Waals surface area contributed by atoms with Gasteiger partial charge < -0.3 is 15.4 Å². The molecule has 1 aromatic carbocycles. The van der Waals surface area contributed by atoms with Gasteiger partial charge in [0.05, 0.1) is 0 Å². The molecular weight excluding hydrogens is 207 g/mol. The van der Waals surface area contributed by atoms with E-state index in [1.54, 1.807) is 19.1 Å². The molecule has 0 aliphatic rings. The maximum absolute atomic E-state index is 13.5. The van der Waals surface area contributed by atoms with Crippen molar-refractivity contribution in [3.63, 3.8) is 0 Å². The van der Waals surface area contributed by atoms with Crippen molar-refractivity contribution in [3.05, 3.63) is 29.6 Å². The Morgan fingerprint density at radius 3 is 2.69 bits per heavy atom. The van der Waals surface area contributed by atoms with Crippen LogP contribution in [0.25, 0.3) is 0 Å². The Labute approximate surface area is 96.0 Å². The molecular formula is C12H19FN2O. The normalized spacial score (nSPS) is 12.9. The molecule has 0 heterocycles. The maximum Gasteiger partial charge on any atom is 0.131 e. The van der Waals surface area contributed by atoms with Crippen LogP contribution in [0.3, 0.4) is 0 Å². The lowest BCUT2D eigenvalue weighted by Gasteiger charge is -2.16. The molecule has 0 radical (unpaired) electrons. The molecule has 0 amide bonds. The number of nitrogens with zero attached hydrogens (tertiary/aromatic N) is 1. The van der Waals surface area contributed by atoms with Crippen LogP contribution in [0.5, 0.6) is 5.75 Å². The number of ether oxygens (including phenoxy) is 1. The van der Waals surface area contributed by atoms with Crippen LogP contribution >= 0.6 is 0 Å². The van der Waals surface area contributed by atoms with Gasteiger partial charge in [-0.15, -0.1) is 0 Å². The summed E-state index contributed by atoms with van der Waals surface area (Å²) in [6, 6.07) is 4.41. The van der Waals surface area contributed by atoms with Crippen LogP contribution < -0.4 is 10.5 Å². The van der Waals surface area contributed by atoms with Gasteiger partial charge in [-0.1, -0.05) is 6.07 Å². The van der Waals surface area contributed by atoms with Gasteiger partial charge in [0.15, 0.2) is 0 Å². The van der Waals surface area contributed by atoms with E-state index in [2.05, 4.69) is 0 Å². The molecule has 0 saturated heterocycles. The van der Waals surface area contributed by atoms with Gasteiger partial charge in [0.25, 0.3) is 0 Å². The van der Waals surface area contributed by atoms with Crippen molar-refractivity contribution in [3.8, 4) is 5.75 Å². The van der Waals surface area contributed by atoms with Gasteiger partial charge in [0.1, 0.15) is 18.2 Å². The van der Waals surface area contributed by atoms with Crippen molar-refractivity contribution in [2.75, 3.05) is 27.2 Å². The summed E-state index contributed by atoms with van der Waals surface area (Å²) in [5.74, 6) is 0.231. The fraction of sp³-hybridized carbons (Fsp3) is 0.500. The van der Waals surface area contributed by atoms with Crippen LogP contribution in [0.1, 0.15) is 18.5 Å². The molecule has 2 N–H and O–H groups in total. The third kappa shape index (κ3) is 3.47. The third-order valence-corrected chi connectivity index (χ3v) is 2.26. The molecule has 0 aliphatic heterocycles. The highest BCUT2D eigenvalue weighted by molar-refractivity contribution is 5.36. The van der Waals surface area contributed by atoms with E-state index in [1.165, 1.54) is 6.07 Å². The summed E-state index contributed by atoms with van der Waals surface area (Å²) in [4.78, 5) is 2.00. The number of benzene rings is 1. The van der Waals surface area contributed by atoms with Gasteiger partial charge in [-0.2, -0.15) is 0 Å². The first kappa shape index (κ1) is 12.9. The monoisotopic (exact) mass is 226 g/mol. The zero-order valence-electron chi connectivity index (χ0n) is 10.0. The zero-order valence-corrected chi connectivity index (χ0v) is 10.0. The lowest BCUT2D eigenvalue weighted by molar-refractivity contribution is 0.257. The Hall–Kier alpha value is -1.13. The summed E-state index contributed by atoms with van der Waals surface area (Å²) in [7, 11) is 3.92. The lowest BCUT2D eigenvalue weighted by Crippen LogP contribution is -2.20. The molecule has 0 aliphatic carbocycles. The second-order valence-corrected chi connectivity index (χ2v) is 4.09. The summed E-state index contributed by atoms with van der Waals surface area (Å²) in [6.45, 7) is 3.06. The number of nitrogens with two attached hydrogens (primary N) is 1. The van der Waals surface area contributed by atoms with Crippen LogP contribution in [-0.4, -0.2) is 32.1 Å². The molecule has 0 unspecified atom stereocenters. The number of hydrogen-bond acceptors (Lipinski definition) is 3. The van der Waals surface area contributed by atoms with Gasteiger partial charge in [0.2, 0.25) is 0 Å². The van der Waals surface area contributed by atoms with Crippen LogP contribution in [0, 0.1) is 5.82 Å². The largest absolute Gasteiger partial charge is 0.492 e. The highest BCUT2D eigenvalue weighted by Crippen LogP contribution is 2.26. The summed E-state index contributed by atoms with van der Waals surface area (Å²) < 4.78 is 19.0. The molecule has 1 atom stereocenters. The maximum atomic E-state index is 13.5. The summed E-state index contributed by atoms with van der Waals surface area (Å²) >= 11 is 0. The minimum Gasteiger partial charge on any atom is -0.492 e. The van der Waals surface area contributed by atoms with Gasteiger partial charge in [-0.3, -0.25) is 0 Å². The first-order valence-electron chi connectivity index (χ1n) is 5.34. The Kier molecular flexibility index (Phi) is 4.71. The molecule has 4 heteroatoms. The van der Waals surface area contributed by atoms with E-state index < -0.39 is 0 Å². The number of rotatable bonds is 5. The van der Waals surface area contributed by atoms with E-state index in [4.69, 9.17) is 10.5 Å². The molecule has 0 fully saturated rings. The average molecular weight is 226 g/mol.